The summed E-state index contributed by atoms with van der Waals surface area (Å²) in [6.07, 6.45) is 0. The smallest absolute Gasteiger partial charge is 0.317 e. The number of nitrogens with one attached hydrogen (secondary N) is 1. The lowest BCUT2D eigenvalue weighted by Gasteiger charge is -2.26. The number of rotatable bonds is 2. The Hall–Kier alpha value is -1.23. The van der Waals surface area contributed by atoms with Gasteiger partial charge in [-0.15, -0.1) is 0 Å². The van der Waals surface area contributed by atoms with Gasteiger partial charge < -0.3 is 10.2 Å². The first-order valence-corrected chi connectivity index (χ1v) is 6.77. The maximum atomic E-state index is 13.3. The van der Waals surface area contributed by atoms with Crippen LogP contribution in [0.3, 0.4) is 0 Å². The Kier molecular flexibility index (Phi) is 4.25. The summed E-state index contributed by atoms with van der Waals surface area (Å²) in [5.74, 6) is 1.68. The van der Waals surface area contributed by atoms with E-state index in [0.29, 0.717) is 5.56 Å². The van der Waals surface area contributed by atoms with Gasteiger partial charge in [-0.25, -0.2) is 9.18 Å². The van der Waals surface area contributed by atoms with Crippen molar-refractivity contribution in [2.24, 2.45) is 0 Å². The minimum absolute atomic E-state index is 0.103. The SMILES string of the molecule is O=C(NCc1ccccc1F)N1CCSCC1. The molecule has 0 radical (unpaired) electrons. The van der Waals surface area contributed by atoms with Gasteiger partial charge in [0.25, 0.3) is 0 Å². The van der Waals surface area contributed by atoms with Crippen molar-refractivity contribution in [3.63, 3.8) is 0 Å². The number of thioether (sulfide) groups is 1. The molecule has 92 valence electrons. The lowest BCUT2D eigenvalue weighted by atomic mass is 10.2. The average Bonchev–Trinajstić information content (AvgIpc) is 2.38. The summed E-state index contributed by atoms with van der Waals surface area (Å²) >= 11 is 1.85. The molecule has 5 heteroatoms. The van der Waals surface area contributed by atoms with E-state index in [1.165, 1.54) is 6.07 Å². The Labute approximate surface area is 104 Å². The molecule has 0 spiro atoms. The lowest BCUT2D eigenvalue weighted by Crippen LogP contribution is -2.44. The van der Waals surface area contributed by atoms with Gasteiger partial charge in [0.05, 0.1) is 0 Å². The van der Waals surface area contributed by atoms with Gasteiger partial charge in [-0.2, -0.15) is 11.8 Å². The first-order valence-electron chi connectivity index (χ1n) is 5.61. The molecule has 1 aromatic rings. The van der Waals surface area contributed by atoms with Gasteiger partial charge in [0.2, 0.25) is 0 Å². The molecule has 2 amide bonds. The minimum atomic E-state index is -0.276. The van der Waals surface area contributed by atoms with E-state index >= 15 is 0 Å². The van der Waals surface area contributed by atoms with Crippen LogP contribution in [0.4, 0.5) is 9.18 Å². The molecule has 1 fully saturated rings. The number of hydrogen-bond donors (Lipinski definition) is 1. The van der Waals surface area contributed by atoms with Crippen LogP contribution in [-0.2, 0) is 6.54 Å². The van der Waals surface area contributed by atoms with E-state index in [4.69, 9.17) is 0 Å². The van der Waals surface area contributed by atoms with Gasteiger partial charge in [-0.1, -0.05) is 18.2 Å². The van der Waals surface area contributed by atoms with Gasteiger partial charge in [0, 0.05) is 36.7 Å². The Morgan fingerprint density at radius 3 is 2.76 bits per heavy atom. The van der Waals surface area contributed by atoms with Crippen LogP contribution in [0.15, 0.2) is 24.3 Å². The number of halogens is 1. The first-order chi connectivity index (χ1) is 8.27. The zero-order valence-corrected chi connectivity index (χ0v) is 10.3. The third-order valence-corrected chi connectivity index (χ3v) is 3.63. The molecule has 0 atom stereocenters. The van der Waals surface area contributed by atoms with Crippen molar-refractivity contribution in [1.82, 2.24) is 10.2 Å². The van der Waals surface area contributed by atoms with Gasteiger partial charge in [-0.05, 0) is 6.07 Å². The Balaban J connectivity index is 1.85. The molecule has 17 heavy (non-hydrogen) atoms. The summed E-state index contributed by atoms with van der Waals surface area (Å²) in [6.45, 7) is 1.79. The highest BCUT2D eigenvalue weighted by Crippen LogP contribution is 2.10. The van der Waals surface area contributed by atoms with E-state index in [-0.39, 0.29) is 18.4 Å². The van der Waals surface area contributed by atoms with Crippen LogP contribution >= 0.6 is 11.8 Å². The van der Waals surface area contributed by atoms with E-state index in [1.54, 1.807) is 23.1 Å². The van der Waals surface area contributed by atoms with Crippen LogP contribution in [0.5, 0.6) is 0 Å². The fourth-order valence-electron chi connectivity index (χ4n) is 1.69. The Morgan fingerprint density at radius 1 is 1.35 bits per heavy atom. The molecule has 2 rings (SSSR count). The van der Waals surface area contributed by atoms with E-state index in [0.717, 1.165) is 24.6 Å². The summed E-state index contributed by atoms with van der Waals surface area (Å²) in [5, 5.41) is 2.75. The summed E-state index contributed by atoms with van der Waals surface area (Å²) in [6, 6.07) is 6.39. The molecule has 0 saturated carbocycles. The molecule has 1 aliphatic heterocycles. The molecule has 1 aliphatic rings. The second-order valence-electron chi connectivity index (χ2n) is 3.85. The molecule has 1 N–H and O–H groups in total. The number of carbonyl (C=O) groups excluding carboxylic acids is 1. The highest BCUT2D eigenvalue weighted by molar-refractivity contribution is 7.99. The largest absolute Gasteiger partial charge is 0.334 e. The molecule has 1 heterocycles. The van der Waals surface area contributed by atoms with Crippen molar-refractivity contribution in [1.29, 1.82) is 0 Å². The monoisotopic (exact) mass is 254 g/mol. The normalized spacial score (nSPS) is 15.7. The van der Waals surface area contributed by atoms with Crippen molar-refractivity contribution in [3.05, 3.63) is 35.6 Å². The van der Waals surface area contributed by atoms with Crippen LogP contribution in [0, 0.1) is 5.82 Å². The van der Waals surface area contributed by atoms with Gasteiger partial charge >= 0.3 is 6.03 Å². The second-order valence-corrected chi connectivity index (χ2v) is 5.07. The standard InChI is InChI=1S/C12H15FN2OS/c13-11-4-2-1-3-10(11)9-14-12(16)15-5-7-17-8-6-15/h1-4H,5-9H2,(H,14,16). The van der Waals surface area contributed by atoms with E-state index in [1.807, 2.05) is 11.8 Å². The maximum Gasteiger partial charge on any atom is 0.317 e. The predicted octanol–water partition coefficient (Wildman–Crippen LogP) is 2.08. The minimum Gasteiger partial charge on any atom is -0.334 e. The van der Waals surface area contributed by atoms with Crippen molar-refractivity contribution < 1.29 is 9.18 Å². The van der Waals surface area contributed by atoms with Gasteiger partial charge in [-0.3, -0.25) is 0 Å². The maximum absolute atomic E-state index is 13.3. The number of hydrogen-bond acceptors (Lipinski definition) is 2. The van der Waals surface area contributed by atoms with Crippen LogP contribution in [-0.4, -0.2) is 35.5 Å². The summed E-state index contributed by atoms with van der Waals surface area (Å²) in [4.78, 5) is 13.5. The summed E-state index contributed by atoms with van der Waals surface area (Å²) in [7, 11) is 0. The van der Waals surface area contributed by atoms with E-state index in [2.05, 4.69) is 5.32 Å². The second kappa shape index (κ2) is 5.91. The van der Waals surface area contributed by atoms with Crippen molar-refractivity contribution >= 4 is 17.8 Å². The van der Waals surface area contributed by atoms with Crippen molar-refractivity contribution in [2.75, 3.05) is 24.6 Å². The zero-order valence-electron chi connectivity index (χ0n) is 9.49. The third-order valence-electron chi connectivity index (χ3n) is 2.69. The average molecular weight is 254 g/mol. The number of benzene rings is 1. The number of carbonyl (C=O) groups is 1. The summed E-state index contributed by atoms with van der Waals surface area (Å²) in [5.41, 5.74) is 0.521. The van der Waals surface area contributed by atoms with E-state index in [9.17, 15) is 9.18 Å². The molecule has 0 aliphatic carbocycles. The zero-order chi connectivity index (χ0) is 12.1. The Morgan fingerprint density at radius 2 is 2.06 bits per heavy atom. The number of amides is 2. The lowest BCUT2D eigenvalue weighted by molar-refractivity contribution is 0.202. The number of urea groups is 1. The third kappa shape index (κ3) is 3.36. The van der Waals surface area contributed by atoms with Crippen molar-refractivity contribution in [3.8, 4) is 0 Å². The first kappa shape index (κ1) is 12.2. The molecule has 1 aromatic carbocycles. The predicted molar refractivity (Wildman–Crippen MR) is 67.5 cm³/mol. The van der Waals surface area contributed by atoms with Crippen LogP contribution in [0.1, 0.15) is 5.56 Å². The quantitative estimate of drug-likeness (QED) is 0.876. The highest BCUT2D eigenvalue weighted by Gasteiger charge is 2.16. The molecule has 3 nitrogen and oxygen atoms in total. The fourth-order valence-corrected chi connectivity index (χ4v) is 2.59. The van der Waals surface area contributed by atoms with Gasteiger partial charge in [0.15, 0.2) is 0 Å². The van der Waals surface area contributed by atoms with Crippen LogP contribution < -0.4 is 5.32 Å². The molecule has 1 saturated heterocycles. The highest BCUT2D eigenvalue weighted by atomic mass is 32.2. The number of nitrogens with zero attached hydrogens (tertiary/aromatic N) is 1. The summed E-state index contributed by atoms with van der Waals surface area (Å²) < 4.78 is 13.3. The van der Waals surface area contributed by atoms with E-state index < -0.39 is 0 Å². The fraction of sp³-hybridized carbons (Fsp3) is 0.417. The van der Waals surface area contributed by atoms with Crippen molar-refractivity contribution in [2.45, 2.75) is 6.54 Å². The van der Waals surface area contributed by atoms with Crippen LogP contribution in [0.2, 0.25) is 0 Å². The molecule has 0 unspecified atom stereocenters. The molecule has 0 bridgehead atoms. The topological polar surface area (TPSA) is 32.3 Å². The van der Waals surface area contributed by atoms with Crippen LogP contribution in [0.25, 0.3) is 0 Å². The molecular weight excluding hydrogens is 239 g/mol. The Bertz CT molecular complexity index is 394. The molecular formula is C12H15FN2OS. The van der Waals surface area contributed by atoms with Gasteiger partial charge in [0.1, 0.15) is 5.82 Å². The molecule has 0 aromatic heterocycles.